The lowest BCUT2D eigenvalue weighted by atomic mass is 9.96. The number of carbonyl (C=O) groups excluding carboxylic acids is 3. The van der Waals surface area contributed by atoms with Crippen LogP contribution in [0.3, 0.4) is 0 Å². The lowest BCUT2D eigenvalue weighted by Gasteiger charge is -2.47. The van der Waals surface area contributed by atoms with Gasteiger partial charge in [0, 0.05) is 36.2 Å². The zero-order valence-corrected chi connectivity index (χ0v) is 15.5. The predicted molar refractivity (Wildman–Crippen MR) is 102 cm³/mol. The second kappa shape index (κ2) is 6.49. The molecular formula is C19H17ClN4O4. The molecule has 1 saturated heterocycles. The van der Waals surface area contributed by atoms with Crippen LogP contribution in [-0.4, -0.2) is 47.4 Å². The number of carbonyl (C=O) groups is 3. The molecule has 4 rings (SSSR count). The van der Waals surface area contributed by atoms with Crippen molar-refractivity contribution in [1.29, 1.82) is 0 Å². The smallest absolute Gasteiger partial charge is 0.271 e. The van der Waals surface area contributed by atoms with Crippen molar-refractivity contribution in [2.24, 2.45) is 0 Å². The number of nitrogens with one attached hydrogen (secondary N) is 1. The molecule has 0 spiro atoms. The van der Waals surface area contributed by atoms with Crippen LogP contribution >= 0.6 is 11.6 Å². The van der Waals surface area contributed by atoms with Gasteiger partial charge in [-0.15, -0.1) is 0 Å². The lowest BCUT2D eigenvalue weighted by Crippen LogP contribution is -2.68. The molecule has 2 aliphatic rings. The summed E-state index contributed by atoms with van der Waals surface area (Å²) in [5.41, 5.74) is -1.80. The molecular weight excluding hydrogens is 384 g/mol. The molecule has 9 heteroatoms. The molecule has 0 saturated carbocycles. The maximum absolute atomic E-state index is 13.5. The Labute approximate surface area is 170 Å². The molecule has 1 fully saturated rings. The highest BCUT2D eigenvalue weighted by atomic mass is 35.5. The average Bonchev–Trinajstić information content (AvgIpc) is 3.05. The van der Waals surface area contributed by atoms with Crippen molar-refractivity contribution in [2.75, 3.05) is 24.3 Å². The van der Waals surface area contributed by atoms with Crippen molar-refractivity contribution < 1.29 is 23.2 Å². The average molecular weight is 404 g/mol. The van der Waals surface area contributed by atoms with Crippen LogP contribution in [0.15, 0.2) is 36.7 Å². The zero-order chi connectivity index (χ0) is 22.6. The summed E-state index contributed by atoms with van der Waals surface area (Å²) in [5, 5.41) is 2.81. The van der Waals surface area contributed by atoms with Crippen molar-refractivity contribution in [3.8, 4) is 5.75 Å². The van der Waals surface area contributed by atoms with Crippen molar-refractivity contribution in [3.63, 3.8) is 0 Å². The molecule has 2 aliphatic heterocycles. The number of methoxy groups -OCH3 is 1. The third kappa shape index (κ3) is 2.52. The summed E-state index contributed by atoms with van der Waals surface area (Å²) < 4.78 is 29.2. The molecule has 1 atom stereocenters. The van der Waals surface area contributed by atoms with E-state index in [1.54, 1.807) is 0 Å². The van der Waals surface area contributed by atoms with Gasteiger partial charge < -0.3 is 15.0 Å². The summed E-state index contributed by atoms with van der Waals surface area (Å²) in [7, 11) is 1.42. The minimum Gasteiger partial charge on any atom is -0.497 e. The van der Waals surface area contributed by atoms with Gasteiger partial charge in [0.15, 0.2) is 0 Å². The van der Waals surface area contributed by atoms with Gasteiger partial charge in [-0.2, -0.15) is 0 Å². The molecule has 1 N–H and O–H groups in total. The number of hydrogen-bond donors (Lipinski definition) is 1. The fourth-order valence-electron chi connectivity index (χ4n) is 3.58. The number of rotatable bonds is 3. The largest absolute Gasteiger partial charge is 0.497 e. The summed E-state index contributed by atoms with van der Waals surface area (Å²) in [6.07, 6.45) is 2.36. The second-order valence-electron chi connectivity index (χ2n) is 6.42. The number of nitrogens with zero attached hydrogens (tertiary/aromatic N) is 3. The molecule has 1 aromatic carbocycles. The van der Waals surface area contributed by atoms with E-state index in [1.165, 1.54) is 43.8 Å². The van der Waals surface area contributed by atoms with E-state index < -0.39 is 30.4 Å². The maximum Gasteiger partial charge on any atom is 0.271 e. The van der Waals surface area contributed by atoms with Crippen LogP contribution in [0.5, 0.6) is 5.75 Å². The number of pyridine rings is 1. The highest BCUT2D eigenvalue weighted by Crippen LogP contribution is 2.45. The van der Waals surface area contributed by atoms with Crippen molar-refractivity contribution in [1.82, 2.24) is 9.88 Å². The molecule has 0 aliphatic carbocycles. The molecule has 3 amide bonds. The van der Waals surface area contributed by atoms with E-state index in [-0.39, 0.29) is 34.8 Å². The van der Waals surface area contributed by atoms with E-state index in [0.717, 1.165) is 4.90 Å². The van der Waals surface area contributed by atoms with Crippen LogP contribution < -0.4 is 15.0 Å². The van der Waals surface area contributed by atoms with Crippen LogP contribution in [0.1, 0.15) is 27.3 Å². The summed E-state index contributed by atoms with van der Waals surface area (Å²) >= 11 is 5.92. The lowest BCUT2D eigenvalue weighted by molar-refractivity contribution is -0.128. The molecule has 28 heavy (non-hydrogen) atoms. The van der Waals surface area contributed by atoms with Crippen molar-refractivity contribution >= 4 is 40.7 Å². The first kappa shape index (κ1) is 14.9. The first-order valence-corrected chi connectivity index (χ1v) is 8.75. The SMILES string of the molecule is [2H]C([2H])([2H])N1C(=O)c2ccc(OC)cc2N2C(=O)CCC21C(=O)Nc1cncc(Cl)c1. The fraction of sp³-hybridized carbons (Fsp3) is 0.263. The molecule has 0 radical (unpaired) electrons. The van der Waals surface area contributed by atoms with Crippen LogP contribution in [0.25, 0.3) is 0 Å². The molecule has 2 aromatic rings. The monoisotopic (exact) mass is 403 g/mol. The minimum absolute atomic E-state index is 0.0139. The Hall–Kier alpha value is -3.13. The number of ether oxygens (including phenoxy) is 1. The third-order valence-corrected chi connectivity index (χ3v) is 5.09. The predicted octanol–water partition coefficient (Wildman–Crippen LogP) is 2.29. The van der Waals surface area contributed by atoms with E-state index in [4.69, 9.17) is 20.5 Å². The van der Waals surface area contributed by atoms with Gasteiger partial charge in [0.25, 0.3) is 11.8 Å². The third-order valence-electron chi connectivity index (χ3n) is 4.88. The summed E-state index contributed by atoms with van der Waals surface area (Å²) in [6.45, 7) is -3.00. The van der Waals surface area contributed by atoms with E-state index in [2.05, 4.69) is 10.3 Å². The molecule has 8 nitrogen and oxygen atoms in total. The first-order chi connectivity index (χ1) is 14.6. The van der Waals surface area contributed by atoms with Crippen LogP contribution in [-0.2, 0) is 9.59 Å². The van der Waals surface area contributed by atoms with E-state index >= 15 is 0 Å². The molecule has 144 valence electrons. The Morgan fingerprint density at radius 1 is 1.36 bits per heavy atom. The summed E-state index contributed by atoms with van der Waals surface area (Å²) in [4.78, 5) is 45.2. The quantitative estimate of drug-likeness (QED) is 0.848. The van der Waals surface area contributed by atoms with Gasteiger partial charge in [-0.3, -0.25) is 24.3 Å². The number of amides is 3. The fourth-order valence-corrected chi connectivity index (χ4v) is 3.75. The van der Waals surface area contributed by atoms with Gasteiger partial charge in [-0.05, 0) is 18.2 Å². The van der Waals surface area contributed by atoms with Crippen LogP contribution in [0.2, 0.25) is 5.02 Å². The number of halogens is 1. The van der Waals surface area contributed by atoms with Gasteiger partial charge in [0.1, 0.15) is 5.75 Å². The first-order valence-electron chi connectivity index (χ1n) is 9.87. The van der Waals surface area contributed by atoms with Crippen LogP contribution in [0, 0.1) is 0 Å². The Kier molecular flexibility index (Phi) is 3.45. The molecule has 3 heterocycles. The number of fused-ring (bicyclic) bond motifs is 3. The number of anilines is 2. The number of hydrogen-bond acceptors (Lipinski definition) is 5. The number of aromatic nitrogens is 1. The summed E-state index contributed by atoms with van der Waals surface area (Å²) in [5.74, 6) is -1.89. The van der Waals surface area contributed by atoms with Gasteiger partial charge in [-0.1, -0.05) is 11.6 Å². The van der Waals surface area contributed by atoms with E-state index in [9.17, 15) is 14.4 Å². The van der Waals surface area contributed by atoms with Crippen LogP contribution in [0.4, 0.5) is 11.4 Å². The Bertz CT molecular complexity index is 1110. The number of likely N-dealkylation sites (N-methyl/N-ethyl adjacent to an activating group) is 1. The number of benzene rings is 1. The maximum atomic E-state index is 13.5. The second-order valence-corrected chi connectivity index (χ2v) is 6.85. The molecule has 1 aromatic heterocycles. The minimum atomic E-state index is -3.00. The summed E-state index contributed by atoms with van der Waals surface area (Å²) in [6, 6.07) is 5.73. The van der Waals surface area contributed by atoms with Gasteiger partial charge >= 0.3 is 0 Å². The van der Waals surface area contributed by atoms with E-state index in [0.29, 0.717) is 10.6 Å². The Morgan fingerprint density at radius 3 is 2.89 bits per heavy atom. The van der Waals surface area contributed by atoms with Crippen molar-refractivity contribution in [2.45, 2.75) is 18.5 Å². The Morgan fingerprint density at radius 2 is 2.18 bits per heavy atom. The van der Waals surface area contributed by atoms with Gasteiger partial charge in [0.05, 0.1) is 35.3 Å². The molecule has 1 unspecified atom stereocenters. The Balaban J connectivity index is 1.92. The van der Waals surface area contributed by atoms with Crippen molar-refractivity contribution in [3.05, 3.63) is 47.2 Å². The normalized spacial score (nSPS) is 22.7. The van der Waals surface area contributed by atoms with Gasteiger partial charge in [-0.25, -0.2) is 0 Å². The van der Waals surface area contributed by atoms with E-state index in [1.807, 2.05) is 0 Å². The molecule has 0 bridgehead atoms. The topological polar surface area (TPSA) is 91.8 Å². The highest BCUT2D eigenvalue weighted by Gasteiger charge is 2.59. The van der Waals surface area contributed by atoms with Gasteiger partial charge in [0.2, 0.25) is 11.6 Å². The zero-order valence-electron chi connectivity index (χ0n) is 17.7. The standard InChI is InChI=1S/C19H17ClN4O4/c1-23-17(26)14-4-3-13(28-2)8-15(14)24-16(25)5-6-19(23,24)18(27)22-12-7-11(20)9-21-10-12/h3-4,7-10H,5-6H2,1-2H3,(H,22,27)/i1D3. The highest BCUT2D eigenvalue weighted by molar-refractivity contribution is 6.30.